The standard InChI is InChI=1S/C59H106O6/c1-4-7-10-13-16-18-20-22-24-26-27-28-29-30-31-32-33-34-36-37-39-41-43-46-49-52-58(61)64-55-56(54-63-57(60)51-48-45-15-12-9-6-3)65-59(62)53-50-47-44-42-40-38-35-25-23-21-19-17-14-11-8-5-2/h7,10,16,18,22,24,27-28,56H,4-6,8-9,11-15,17,19-21,23,25-26,29-55H2,1-3H3/b10-7-,18-16-,24-22-,28-27-. The fraction of sp³-hybridized carbons (Fsp3) is 0.814. The molecule has 0 aromatic heterocycles. The first kappa shape index (κ1) is 62.4. The van der Waals surface area contributed by atoms with Crippen molar-refractivity contribution in [2.45, 2.75) is 297 Å². The Bertz CT molecular complexity index is 1140. The first-order valence-electron chi connectivity index (χ1n) is 28.1. The van der Waals surface area contributed by atoms with Gasteiger partial charge >= 0.3 is 17.9 Å². The van der Waals surface area contributed by atoms with Crippen molar-refractivity contribution in [3.05, 3.63) is 48.6 Å². The quantitative estimate of drug-likeness (QED) is 0.0262. The Hall–Kier alpha value is -2.63. The number of esters is 3. The third-order valence-electron chi connectivity index (χ3n) is 12.3. The largest absolute Gasteiger partial charge is 0.462 e. The Morgan fingerprint density at radius 1 is 0.323 bits per heavy atom. The van der Waals surface area contributed by atoms with E-state index in [0.717, 1.165) is 83.5 Å². The van der Waals surface area contributed by atoms with Crippen LogP contribution in [-0.2, 0) is 28.6 Å². The smallest absolute Gasteiger partial charge is 0.306 e. The van der Waals surface area contributed by atoms with Crippen molar-refractivity contribution in [1.82, 2.24) is 0 Å². The van der Waals surface area contributed by atoms with Crippen LogP contribution in [-0.4, -0.2) is 37.2 Å². The van der Waals surface area contributed by atoms with Gasteiger partial charge in [-0.05, 0) is 57.8 Å². The fourth-order valence-electron chi connectivity index (χ4n) is 8.14. The van der Waals surface area contributed by atoms with E-state index in [1.807, 2.05) is 0 Å². The van der Waals surface area contributed by atoms with Crippen LogP contribution in [0.15, 0.2) is 48.6 Å². The lowest BCUT2D eigenvalue weighted by molar-refractivity contribution is -0.167. The summed E-state index contributed by atoms with van der Waals surface area (Å²) in [6, 6.07) is 0. The van der Waals surface area contributed by atoms with Gasteiger partial charge in [-0.2, -0.15) is 0 Å². The number of carbonyl (C=O) groups excluding carboxylic acids is 3. The van der Waals surface area contributed by atoms with Crippen LogP contribution in [0.5, 0.6) is 0 Å². The zero-order valence-electron chi connectivity index (χ0n) is 43.3. The van der Waals surface area contributed by atoms with Gasteiger partial charge in [0.25, 0.3) is 0 Å². The summed E-state index contributed by atoms with van der Waals surface area (Å²) in [4.78, 5) is 37.8. The molecule has 0 aliphatic carbocycles. The molecular formula is C59H106O6. The van der Waals surface area contributed by atoms with E-state index in [0.29, 0.717) is 19.3 Å². The lowest BCUT2D eigenvalue weighted by Crippen LogP contribution is -2.30. The molecule has 6 nitrogen and oxygen atoms in total. The van der Waals surface area contributed by atoms with E-state index < -0.39 is 6.10 Å². The number of unbranched alkanes of at least 4 members (excludes halogenated alkanes) is 32. The second-order valence-electron chi connectivity index (χ2n) is 18.8. The molecule has 0 radical (unpaired) electrons. The third-order valence-corrected chi connectivity index (χ3v) is 12.3. The van der Waals surface area contributed by atoms with Crippen LogP contribution < -0.4 is 0 Å². The van der Waals surface area contributed by atoms with E-state index in [9.17, 15) is 14.4 Å². The van der Waals surface area contributed by atoms with Crippen LogP contribution >= 0.6 is 0 Å². The molecule has 0 aliphatic heterocycles. The summed E-state index contributed by atoms with van der Waals surface area (Å²) >= 11 is 0. The topological polar surface area (TPSA) is 78.9 Å². The van der Waals surface area contributed by atoms with E-state index >= 15 is 0 Å². The summed E-state index contributed by atoms with van der Waals surface area (Å²) in [6.45, 7) is 6.50. The number of hydrogen-bond donors (Lipinski definition) is 0. The van der Waals surface area contributed by atoms with Crippen molar-refractivity contribution in [2.75, 3.05) is 13.2 Å². The summed E-state index contributed by atoms with van der Waals surface area (Å²) < 4.78 is 16.8. The molecule has 0 aromatic rings. The third kappa shape index (κ3) is 52.2. The number of allylic oxidation sites excluding steroid dienone is 8. The molecular weight excluding hydrogens is 805 g/mol. The Morgan fingerprint density at radius 3 is 0.938 bits per heavy atom. The predicted octanol–water partition coefficient (Wildman–Crippen LogP) is 18.7. The van der Waals surface area contributed by atoms with Crippen LogP contribution in [0.3, 0.4) is 0 Å². The lowest BCUT2D eigenvalue weighted by atomic mass is 10.0. The van der Waals surface area contributed by atoms with Gasteiger partial charge in [0.2, 0.25) is 0 Å². The first-order valence-corrected chi connectivity index (χ1v) is 28.1. The molecule has 378 valence electrons. The van der Waals surface area contributed by atoms with Crippen molar-refractivity contribution in [3.8, 4) is 0 Å². The Kier molecular flexibility index (Phi) is 51.8. The zero-order chi connectivity index (χ0) is 47.2. The van der Waals surface area contributed by atoms with E-state index in [4.69, 9.17) is 14.2 Å². The number of hydrogen-bond acceptors (Lipinski definition) is 6. The number of carbonyl (C=O) groups is 3. The molecule has 0 fully saturated rings. The van der Waals surface area contributed by atoms with E-state index in [1.165, 1.54) is 167 Å². The summed E-state index contributed by atoms with van der Waals surface area (Å²) in [5.74, 6) is -0.868. The van der Waals surface area contributed by atoms with Gasteiger partial charge in [-0.25, -0.2) is 0 Å². The molecule has 0 spiro atoms. The van der Waals surface area contributed by atoms with Crippen molar-refractivity contribution in [1.29, 1.82) is 0 Å². The highest BCUT2D eigenvalue weighted by molar-refractivity contribution is 5.71. The van der Waals surface area contributed by atoms with E-state index in [2.05, 4.69) is 69.4 Å². The van der Waals surface area contributed by atoms with E-state index in [-0.39, 0.29) is 31.1 Å². The summed E-state index contributed by atoms with van der Waals surface area (Å²) in [5.41, 5.74) is 0. The second kappa shape index (κ2) is 54.0. The maximum atomic E-state index is 12.8. The van der Waals surface area contributed by atoms with Crippen LogP contribution in [0.2, 0.25) is 0 Å². The summed E-state index contributed by atoms with van der Waals surface area (Å²) in [5, 5.41) is 0. The molecule has 0 bridgehead atoms. The minimum Gasteiger partial charge on any atom is -0.462 e. The van der Waals surface area contributed by atoms with Gasteiger partial charge in [0, 0.05) is 19.3 Å². The van der Waals surface area contributed by atoms with Crippen LogP contribution in [0.4, 0.5) is 0 Å². The van der Waals surface area contributed by atoms with E-state index in [1.54, 1.807) is 0 Å². The minimum absolute atomic E-state index is 0.0701. The monoisotopic (exact) mass is 911 g/mol. The van der Waals surface area contributed by atoms with Crippen molar-refractivity contribution >= 4 is 17.9 Å². The molecule has 6 heteroatoms. The molecule has 1 atom stereocenters. The molecule has 0 aromatic carbocycles. The summed E-state index contributed by atoms with van der Waals surface area (Å²) in [7, 11) is 0. The predicted molar refractivity (Wildman–Crippen MR) is 279 cm³/mol. The van der Waals surface area contributed by atoms with Gasteiger partial charge in [0.05, 0.1) is 0 Å². The zero-order valence-corrected chi connectivity index (χ0v) is 43.3. The number of rotatable bonds is 51. The first-order chi connectivity index (χ1) is 32.0. The Morgan fingerprint density at radius 2 is 0.600 bits per heavy atom. The van der Waals surface area contributed by atoms with Crippen molar-refractivity contribution < 1.29 is 28.6 Å². The molecule has 0 rings (SSSR count). The molecule has 0 N–H and O–H groups in total. The highest BCUT2D eigenvalue weighted by Gasteiger charge is 2.19. The molecule has 0 saturated heterocycles. The second-order valence-corrected chi connectivity index (χ2v) is 18.8. The molecule has 0 aliphatic rings. The van der Waals surface area contributed by atoms with Crippen molar-refractivity contribution in [3.63, 3.8) is 0 Å². The normalized spacial score (nSPS) is 12.4. The van der Waals surface area contributed by atoms with Crippen molar-refractivity contribution in [2.24, 2.45) is 0 Å². The summed E-state index contributed by atoms with van der Waals surface area (Å²) in [6.07, 6.45) is 65.6. The van der Waals surface area contributed by atoms with Crippen LogP contribution in [0, 0.1) is 0 Å². The van der Waals surface area contributed by atoms with Gasteiger partial charge in [-0.1, -0.05) is 262 Å². The minimum atomic E-state index is -0.767. The fourth-order valence-corrected chi connectivity index (χ4v) is 8.14. The van der Waals surface area contributed by atoms with Gasteiger partial charge in [-0.15, -0.1) is 0 Å². The number of ether oxygens (including phenoxy) is 3. The maximum Gasteiger partial charge on any atom is 0.306 e. The van der Waals surface area contributed by atoms with Gasteiger partial charge in [0.15, 0.2) is 6.10 Å². The molecule has 0 amide bonds. The molecule has 1 unspecified atom stereocenters. The van der Waals surface area contributed by atoms with Crippen LogP contribution in [0.25, 0.3) is 0 Å². The molecule has 65 heavy (non-hydrogen) atoms. The maximum absolute atomic E-state index is 12.8. The average molecular weight is 911 g/mol. The molecule has 0 heterocycles. The SMILES string of the molecule is CC/C=C\C/C=C\C/C=C\C/C=C\CCCCCCCCCCCCCCC(=O)OCC(COC(=O)CCCCCCCC)OC(=O)CCCCCCCCCCCCCCCCCC. The average Bonchev–Trinajstić information content (AvgIpc) is 3.30. The van der Waals surface area contributed by atoms with Crippen LogP contribution in [0.1, 0.15) is 290 Å². The van der Waals surface area contributed by atoms with Gasteiger partial charge in [0.1, 0.15) is 13.2 Å². The van der Waals surface area contributed by atoms with Gasteiger partial charge < -0.3 is 14.2 Å². The molecule has 0 saturated carbocycles. The Balaban J connectivity index is 4.09. The highest BCUT2D eigenvalue weighted by Crippen LogP contribution is 2.16. The van der Waals surface area contributed by atoms with Gasteiger partial charge in [-0.3, -0.25) is 14.4 Å². The highest BCUT2D eigenvalue weighted by atomic mass is 16.6. The Labute approximate surface area is 403 Å². The lowest BCUT2D eigenvalue weighted by Gasteiger charge is -2.18.